The van der Waals surface area contributed by atoms with Gasteiger partial charge in [0.15, 0.2) is 0 Å². The first-order valence-corrected chi connectivity index (χ1v) is 12.0. The predicted octanol–water partition coefficient (Wildman–Crippen LogP) is 3.15. The molecule has 1 unspecified atom stereocenters. The number of carbonyl (C=O) groups is 1. The maximum absolute atomic E-state index is 12.8. The van der Waals surface area contributed by atoms with Crippen molar-refractivity contribution in [2.45, 2.75) is 38.8 Å². The van der Waals surface area contributed by atoms with E-state index in [0.29, 0.717) is 24.6 Å². The standard InChI is InChI=1S/C24H26BN5OS/c1-16-5-3-10-29(16)11-4-8-21(31)30-12-9-19-20(14-30)32-24-22(19)23(26-15-27-24)28-18-7-2-6-17(25)13-18/h2,4,6-8,13,15-16H,3,5,9-12,14H2,1H3,(H,26,27,28)/b8-4+. The number of carbonyl (C=O) groups excluding carboxylic acids is 1. The average molecular weight is 443 g/mol. The van der Waals surface area contributed by atoms with E-state index in [2.05, 4.69) is 27.1 Å². The molecular weight excluding hydrogens is 417 g/mol. The average Bonchev–Trinajstić information content (AvgIpc) is 3.36. The molecule has 1 saturated heterocycles. The van der Waals surface area contributed by atoms with Crippen LogP contribution >= 0.6 is 11.3 Å². The number of anilines is 2. The summed E-state index contributed by atoms with van der Waals surface area (Å²) < 4.78 is 0. The van der Waals surface area contributed by atoms with Crippen LogP contribution in [0.3, 0.4) is 0 Å². The van der Waals surface area contributed by atoms with Crippen LogP contribution in [0.5, 0.6) is 0 Å². The largest absolute Gasteiger partial charge is 0.340 e. The van der Waals surface area contributed by atoms with Gasteiger partial charge in [0, 0.05) is 35.8 Å². The number of hydrogen-bond donors (Lipinski definition) is 1. The van der Waals surface area contributed by atoms with Gasteiger partial charge >= 0.3 is 0 Å². The highest BCUT2D eigenvalue weighted by atomic mass is 32.1. The van der Waals surface area contributed by atoms with Crippen molar-refractivity contribution in [3.05, 3.63) is 53.2 Å². The Hall–Kier alpha value is -2.71. The van der Waals surface area contributed by atoms with Crippen molar-refractivity contribution in [1.29, 1.82) is 0 Å². The smallest absolute Gasteiger partial charge is 0.246 e. The molecule has 1 aromatic carbocycles. The Morgan fingerprint density at radius 1 is 1.34 bits per heavy atom. The summed E-state index contributed by atoms with van der Waals surface area (Å²) in [5.74, 6) is 0.877. The Balaban J connectivity index is 1.32. The molecule has 4 heterocycles. The number of nitrogens with zero attached hydrogens (tertiary/aromatic N) is 4. The molecule has 8 heteroatoms. The third-order valence-corrected chi connectivity index (χ3v) is 7.51. The highest BCUT2D eigenvalue weighted by Gasteiger charge is 2.26. The van der Waals surface area contributed by atoms with Crippen LogP contribution in [0.1, 0.15) is 30.2 Å². The van der Waals surface area contributed by atoms with E-state index in [1.54, 1.807) is 23.7 Å². The fourth-order valence-electron chi connectivity index (χ4n) is 4.62. The van der Waals surface area contributed by atoms with Gasteiger partial charge in [-0.15, -0.1) is 11.3 Å². The van der Waals surface area contributed by atoms with E-state index in [-0.39, 0.29) is 5.91 Å². The SMILES string of the molecule is [B]c1cccc(Nc2ncnc3sc4c(c23)CCN(C(=O)/C=C/CN2CCCC2C)C4)c1. The van der Waals surface area contributed by atoms with Gasteiger partial charge < -0.3 is 10.2 Å². The molecule has 6 nitrogen and oxygen atoms in total. The summed E-state index contributed by atoms with van der Waals surface area (Å²) in [4.78, 5) is 28.3. The van der Waals surface area contributed by atoms with Crippen LogP contribution in [0, 0.1) is 0 Å². The summed E-state index contributed by atoms with van der Waals surface area (Å²) in [6, 6.07) is 8.25. The zero-order valence-electron chi connectivity index (χ0n) is 18.3. The topological polar surface area (TPSA) is 61.4 Å². The van der Waals surface area contributed by atoms with Crippen molar-refractivity contribution in [1.82, 2.24) is 19.8 Å². The van der Waals surface area contributed by atoms with Crippen LogP contribution < -0.4 is 10.8 Å². The van der Waals surface area contributed by atoms with Gasteiger partial charge in [-0.25, -0.2) is 9.97 Å². The van der Waals surface area contributed by atoms with Crippen LogP contribution in [0.15, 0.2) is 42.7 Å². The van der Waals surface area contributed by atoms with E-state index < -0.39 is 0 Å². The van der Waals surface area contributed by atoms with Gasteiger partial charge in [0.1, 0.15) is 24.8 Å². The van der Waals surface area contributed by atoms with E-state index in [1.165, 1.54) is 23.3 Å². The van der Waals surface area contributed by atoms with E-state index in [9.17, 15) is 4.79 Å². The molecule has 1 atom stereocenters. The maximum Gasteiger partial charge on any atom is 0.246 e. The summed E-state index contributed by atoms with van der Waals surface area (Å²) in [5, 5.41) is 4.45. The highest BCUT2D eigenvalue weighted by Crippen LogP contribution is 2.38. The molecule has 5 rings (SSSR count). The zero-order chi connectivity index (χ0) is 22.1. The van der Waals surface area contributed by atoms with Gasteiger partial charge in [-0.3, -0.25) is 9.69 Å². The quantitative estimate of drug-likeness (QED) is 0.485. The molecule has 2 radical (unpaired) electrons. The number of likely N-dealkylation sites (tertiary alicyclic amines) is 1. The molecule has 0 spiro atoms. The number of rotatable bonds is 5. The van der Waals surface area contributed by atoms with Crippen molar-refractivity contribution in [3.8, 4) is 0 Å². The van der Waals surface area contributed by atoms with Gasteiger partial charge in [-0.2, -0.15) is 0 Å². The Labute approximate surface area is 193 Å². The molecule has 1 amide bonds. The number of aromatic nitrogens is 2. The lowest BCUT2D eigenvalue weighted by atomic mass is 9.96. The van der Waals surface area contributed by atoms with Crippen molar-refractivity contribution in [2.24, 2.45) is 0 Å². The summed E-state index contributed by atoms with van der Waals surface area (Å²) in [6.45, 7) is 5.56. The van der Waals surface area contributed by atoms with Crippen molar-refractivity contribution >= 4 is 52.3 Å². The second-order valence-corrected chi connectivity index (χ2v) is 9.64. The number of nitrogens with one attached hydrogen (secondary N) is 1. The van der Waals surface area contributed by atoms with Gasteiger partial charge in [-0.05, 0) is 50.4 Å². The Morgan fingerprint density at radius 2 is 2.25 bits per heavy atom. The highest BCUT2D eigenvalue weighted by molar-refractivity contribution is 7.19. The van der Waals surface area contributed by atoms with E-state index in [4.69, 9.17) is 7.85 Å². The first kappa shape index (κ1) is 21.2. The molecule has 162 valence electrons. The lowest BCUT2D eigenvalue weighted by Crippen LogP contribution is -2.34. The molecule has 2 aromatic heterocycles. The zero-order valence-corrected chi connectivity index (χ0v) is 19.1. The molecular formula is C24H26BN5OS. The third-order valence-electron chi connectivity index (χ3n) is 6.39. The van der Waals surface area contributed by atoms with Crippen LogP contribution in [-0.4, -0.2) is 59.2 Å². The predicted molar refractivity (Wildman–Crippen MR) is 131 cm³/mol. The minimum atomic E-state index is 0.0872. The van der Waals surface area contributed by atoms with Crippen LogP contribution in [0.2, 0.25) is 0 Å². The first-order valence-electron chi connectivity index (χ1n) is 11.2. The molecule has 32 heavy (non-hydrogen) atoms. The number of benzene rings is 1. The summed E-state index contributed by atoms with van der Waals surface area (Å²) >= 11 is 1.65. The lowest BCUT2D eigenvalue weighted by Gasteiger charge is -2.26. The summed E-state index contributed by atoms with van der Waals surface area (Å²) in [5.41, 5.74) is 2.85. The molecule has 0 bridgehead atoms. The second-order valence-electron chi connectivity index (χ2n) is 8.56. The first-order chi connectivity index (χ1) is 15.6. The Kier molecular flexibility index (Phi) is 5.98. The fraction of sp³-hybridized carbons (Fsp3) is 0.375. The lowest BCUT2D eigenvalue weighted by molar-refractivity contribution is -0.126. The molecule has 1 N–H and O–H groups in total. The Bertz CT molecular complexity index is 1180. The molecule has 3 aromatic rings. The van der Waals surface area contributed by atoms with Crippen molar-refractivity contribution in [2.75, 3.05) is 25.0 Å². The van der Waals surface area contributed by atoms with Gasteiger partial charge in [0.05, 0.1) is 11.9 Å². The third kappa shape index (κ3) is 4.29. The van der Waals surface area contributed by atoms with Crippen LogP contribution in [-0.2, 0) is 17.8 Å². The number of amides is 1. The molecule has 0 aliphatic carbocycles. The van der Waals surface area contributed by atoms with Crippen LogP contribution in [0.4, 0.5) is 11.5 Å². The Morgan fingerprint density at radius 3 is 3.06 bits per heavy atom. The van der Waals surface area contributed by atoms with Gasteiger partial charge in [0.25, 0.3) is 0 Å². The minimum absolute atomic E-state index is 0.0872. The number of fused-ring (bicyclic) bond motifs is 3. The number of hydrogen-bond acceptors (Lipinski definition) is 6. The van der Waals surface area contributed by atoms with Crippen LogP contribution in [0.25, 0.3) is 10.2 Å². The fourth-order valence-corrected chi connectivity index (χ4v) is 5.83. The van der Waals surface area contributed by atoms with Crippen molar-refractivity contribution < 1.29 is 4.79 Å². The minimum Gasteiger partial charge on any atom is -0.340 e. The normalized spacial score (nSPS) is 19.0. The van der Waals surface area contributed by atoms with Gasteiger partial charge in [0.2, 0.25) is 5.91 Å². The molecule has 0 saturated carbocycles. The van der Waals surface area contributed by atoms with Crippen molar-refractivity contribution in [3.63, 3.8) is 0 Å². The summed E-state index contributed by atoms with van der Waals surface area (Å²) in [7, 11) is 5.92. The number of thiophene rings is 1. The monoisotopic (exact) mass is 443 g/mol. The molecule has 1 fully saturated rings. The summed E-state index contributed by atoms with van der Waals surface area (Å²) in [6.07, 6.45) is 8.65. The molecule has 2 aliphatic heterocycles. The maximum atomic E-state index is 12.8. The van der Waals surface area contributed by atoms with E-state index >= 15 is 0 Å². The van der Waals surface area contributed by atoms with E-state index in [0.717, 1.165) is 41.2 Å². The molecule has 2 aliphatic rings. The van der Waals surface area contributed by atoms with E-state index in [1.807, 2.05) is 35.2 Å². The second kappa shape index (κ2) is 9.04. The van der Waals surface area contributed by atoms with Gasteiger partial charge in [-0.1, -0.05) is 23.7 Å².